The number of fused-ring (bicyclic) bond motifs is 1. The van der Waals surface area contributed by atoms with Gasteiger partial charge in [-0.1, -0.05) is 35.9 Å². The van der Waals surface area contributed by atoms with Gasteiger partial charge in [0.2, 0.25) is 5.91 Å². The number of likely N-dealkylation sites (tertiary alicyclic amines) is 1. The molecule has 0 unspecified atom stereocenters. The van der Waals surface area contributed by atoms with Gasteiger partial charge < -0.3 is 34.3 Å². The first-order valence-corrected chi connectivity index (χ1v) is 16.4. The Kier molecular flexibility index (Phi) is 9.86. The van der Waals surface area contributed by atoms with Crippen LogP contribution in [0.5, 0.6) is 11.5 Å². The van der Waals surface area contributed by atoms with E-state index in [2.05, 4.69) is 10.2 Å². The summed E-state index contributed by atoms with van der Waals surface area (Å²) in [5.74, 6) is -1.43. The third-order valence-electron chi connectivity index (χ3n) is 8.92. The Labute approximate surface area is 282 Å². The molecule has 2 saturated heterocycles. The summed E-state index contributed by atoms with van der Waals surface area (Å²) in [6.07, 6.45) is 3.33. The predicted molar refractivity (Wildman–Crippen MR) is 182 cm³/mol. The van der Waals surface area contributed by atoms with Crippen molar-refractivity contribution in [3.05, 3.63) is 98.9 Å². The fourth-order valence-corrected chi connectivity index (χ4v) is 6.44. The molecule has 2 fully saturated rings. The number of nitrogens with zero attached hydrogens (tertiary/aromatic N) is 3. The zero-order chi connectivity index (χ0) is 33.8. The molecule has 11 nitrogen and oxygen atoms in total. The van der Waals surface area contributed by atoms with Crippen LogP contribution in [-0.4, -0.2) is 85.0 Å². The summed E-state index contributed by atoms with van der Waals surface area (Å²) in [6.45, 7) is 3.30. The fourth-order valence-electron chi connectivity index (χ4n) is 6.32. The molecule has 2 aliphatic rings. The minimum atomic E-state index is -0.978. The van der Waals surface area contributed by atoms with Gasteiger partial charge >= 0.3 is 0 Å². The summed E-state index contributed by atoms with van der Waals surface area (Å²) >= 11 is 6.09. The first kappa shape index (κ1) is 32.9. The first-order valence-electron chi connectivity index (χ1n) is 16.0. The van der Waals surface area contributed by atoms with Crippen molar-refractivity contribution >= 4 is 46.0 Å². The Balaban J connectivity index is 1.20. The summed E-state index contributed by atoms with van der Waals surface area (Å²) in [4.78, 5) is 59.6. The number of phenols is 1. The monoisotopic (exact) mass is 672 g/mol. The number of anilines is 1. The van der Waals surface area contributed by atoms with Gasteiger partial charge in [0.25, 0.3) is 11.8 Å². The van der Waals surface area contributed by atoms with Crippen molar-refractivity contribution in [2.24, 2.45) is 0 Å². The van der Waals surface area contributed by atoms with Crippen molar-refractivity contribution < 1.29 is 28.6 Å². The number of phenolic OH excluding ortho intramolecular Hbond substituents is 1. The van der Waals surface area contributed by atoms with E-state index < -0.39 is 17.4 Å². The molecule has 0 spiro atoms. The molecule has 0 saturated carbocycles. The van der Waals surface area contributed by atoms with Gasteiger partial charge in [-0.15, -0.1) is 0 Å². The van der Waals surface area contributed by atoms with Crippen LogP contribution in [0.3, 0.4) is 0 Å². The Morgan fingerprint density at radius 3 is 2.33 bits per heavy atom. The second-order valence-corrected chi connectivity index (χ2v) is 12.5. The van der Waals surface area contributed by atoms with Gasteiger partial charge in [-0.2, -0.15) is 0 Å². The molecule has 1 aromatic heterocycles. The molecule has 4 aromatic rings. The van der Waals surface area contributed by atoms with Crippen LogP contribution in [0.25, 0.3) is 11.0 Å². The quantitative estimate of drug-likeness (QED) is 0.280. The average molecular weight is 673 g/mol. The number of amides is 3. The number of hydrogen-bond donors (Lipinski definition) is 2. The number of hydrogen-bond acceptors (Lipinski definition) is 8. The number of ether oxygens (including phenoxy) is 1. The molecule has 48 heavy (non-hydrogen) atoms. The van der Waals surface area contributed by atoms with E-state index in [9.17, 15) is 24.3 Å². The van der Waals surface area contributed by atoms with Crippen molar-refractivity contribution in [3.8, 4) is 11.5 Å². The molecule has 2 aliphatic heterocycles. The second kappa shape index (κ2) is 14.4. The Hall–Kier alpha value is -5.03. The van der Waals surface area contributed by atoms with Crippen LogP contribution >= 0.6 is 11.6 Å². The molecule has 1 atom stereocenters. The van der Waals surface area contributed by atoms with Crippen molar-refractivity contribution in [2.75, 3.05) is 51.3 Å². The largest absolute Gasteiger partial charge is 0.504 e. The van der Waals surface area contributed by atoms with E-state index in [-0.39, 0.29) is 46.5 Å². The number of methoxy groups -OCH3 is 1. The van der Waals surface area contributed by atoms with Crippen LogP contribution in [0.1, 0.15) is 45.7 Å². The number of piperidine rings is 1. The summed E-state index contributed by atoms with van der Waals surface area (Å²) in [5.41, 5.74) is 1.81. The van der Waals surface area contributed by atoms with Crippen molar-refractivity contribution in [1.29, 1.82) is 0 Å². The number of rotatable bonds is 8. The minimum absolute atomic E-state index is 0.0325. The molecule has 0 bridgehead atoms. The van der Waals surface area contributed by atoms with Crippen LogP contribution < -0.4 is 20.4 Å². The lowest BCUT2D eigenvalue weighted by Crippen LogP contribution is -2.56. The number of carbonyl (C=O) groups excluding carboxylic acids is 3. The molecule has 3 heterocycles. The van der Waals surface area contributed by atoms with Crippen LogP contribution in [0.4, 0.5) is 5.69 Å². The van der Waals surface area contributed by atoms with Crippen LogP contribution in [0.2, 0.25) is 5.02 Å². The zero-order valence-corrected chi connectivity index (χ0v) is 27.4. The Morgan fingerprint density at radius 1 is 0.917 bits per heavy atom. The van der Waals surface area contributed by atoms with Gasteiger partial charge in [-0.3, -0.25) is 19.2 Å². The maximum atomic E-state index is 14.0. The molecule has 12 heteroatoms. The van der Waals surface area contributed by atoms with E-state index in [4.69, 9.17) is 20.8 Å². The molecule has 3 amide bonds. The van der Waals surface area contributed by atoms with Crippen LogP contribution in [-0.2, 0) is 11.2 Å². The lowest BCUT2D eigenvalue weighted by molar-refractivity contribution is -0.133. The smallest absolute Gasteiger partial charge is 0.287 e. The van der Waals surface area contributed by atoms with E-state index in [1.165, 1.54) is 19.2 Å². The highest BCUT2D eigenvalue weighted by molar-refractivity contribution is 6.30. The van der Waals surface area contributed by atoms with Crippen molar-refractivity contribution in [3.63, 3.8) is 0 Å². The van der Waals surface area contributed by atoms with Gasteiger partial charge in [0, 0.05) is 68.5 Å². The summed E-state index contributed by atoms with van der Waals surface area (Å²) in [5, 5.41) is 13.5. The number of halogens is 1. The number of piperazine rings is 1. The van der Waals surface area contributed by atoms with Crippen molar-refractivity contribution in [1.82, 2.24) is 15.1 Å². The zero-order valence-electron chi connectivity index (χ0n) is 26.6. The molecule has 0 aliphatic carbocycles. The van der Waals surface area contributed by atoms with E-state index in [0.717, 1.165) is 49.7 Å². The molecule has 3 aromatic carbocycles. The maximum absolute atomic E-state index is 14.0. The third-order valence-corrected chi connectivity index (χ3v) is 9.17. The standard InChI is InChI=1S/C36H37ClN4O7/c1-47-32-22-31-26(20-30(32)43)29(42)21-33(48-31)34(44)38-27(19-23-9-11-24(37)12-10-23)36(46)41-17-15-39(16-18-41)28-8-4-3-7-25(28)35(45)40-13-5-2-6-14-40/h3-4,7-12,20-22,27,43H,2,5-6,13-19H2,1H3,(H,38,44)/t27-/m1/s1. The van der Waals surface area contributed by atoms with Crippen LogP contribution in [0.15, 0.2) is 75.9 Å². The molecule has 0 radical (unpaired) electrons. The third kappa shape index (κ3) is 7.11. The normalized spacial score (nSPS) is 15.7. The average Bonchev–Trinajstić information content (AvgIpc) is 3.12. The topological polar surface area (TPSA) is 133 Å². The van der Waals surface area contributed by atoms with E-state index in [1.807, 2.05) is 29.2 Å². The first-order chi connectivity index (χ1) is 23.2. The molecule has 250 valence electrons. The summed E-state index contributed by atoms with van der Waals surface area (Å²) in [6, 6.07) is 17.2. The van der Waals surface area contributed by atoms with Gasteiger partial charge in [-0.05, 0) is 55.2 Å². The molecular weight excluding hydrogens is 636 g/mol. The highest BCUT2D eigenvalue weighted by Crippen LogP contribution is 2.30. The maximum Gasteiger partial charge on any atom is 0.287 e. The number of carbonyl (C=O) groups is 3. The van der Waals surface area contributed by atoms with Gasteiger partial charge in [0.15, 0.2) is 22.7 Å². The van der Waals surface area contributed by atoms with Gasteiger partial charge in [-0.25, -0.2) is 0 Å². The van der Waals surface area contributed by atoms with Crippen LogP contribution in [0, 0.1) is 0 Å². The van der Waals surface area contributed by atoms with E-state index >= 15 is 0 Å². The number of aromatic hydroxyl groups is 1. The van der Waals surface area contributed by atoms with E-state index in [1.54, 1.807) is 29.2 Å². The molecule has 6 rings (SSSR count). The summed E-state index contributed by atoms with van der Waals surface area (Å²) < 4.78 is 10.9. The Bertz CT molecular complexity index is 1880. The number of benzene rings is 3. The molecular formula is C36H37ClN4O7. The molecule has 2 N–H and O–H groups in total. The Morgan fingerprint density at radius 2 is 1.62 bits per heavy atom. The minimum Gasteiger partial charge on any atom is -0.504 e. The number of para-hydroxylation sites is 1. The highest BCUT2D eigenvalue weighted by Gasteiger charge is 2.31. The lowest BCUT2D eigenvalue weighted by Gasteiger charge is -2.38. The van der Waals surface area contributed by atoms with E-state index in [0.29, 0.717) is 36.8 Å². The van der Waals surface area contributed by atoms with Gasteiger partial charge in [0.1, 0.15) is 11.6 Å². The lowest BCUT2D eigenvalue weighted by atomic mass is 10.0. The van der Waals surface area contributed by atoms with Crippen molar-refractivity contribution in [2.45, 2.75) is 31.7 Å². The number of nitrogens with one attached hydrogen (secondary N) is 1. The fraction of sp³-hybridized carbons (Fsp3) is 0.333. The second-order valence-electron chi connectivity index (χ2n) is 12.0. The predicted octanol–water partition coefficient (Wildman–Crippen LogP) is 4.48. The van der Waals surface area contributed by atoms with Gasteiger partial charge in [0.05, 0.1) is 18.1 Å². The summed E-state index contributed by atoms with van der Waals surface area (Å²) in [7, 11) is 1.36. The highest BCUT2D eigenvalue weighted by atomic mass is 35.5. The SMILES string of the molecule is COc1cc2oc(C(=O)N[C@H](Cc3ccc(Cl)cc3)C(=O)N3CCN(c4ccccc4C(=O)N4CCCCC4)CC3)cc(=O)c2cc1O.